The van der Waals surface area contributed by atoms with Gasteiger partial charge in [0.2, 0.25) is 0 Å². The monoisotopic (exact) mass is 347 g/mol. The van der Waals surface area contributed by atoms with Crippen LogP contribution in [-0.4, -0.2) is 0 Å². The fourth-order valence-corrected chi connectivity index (χ4v) is 5.27. The zero-order valence-electron chi connectivity index (χ0n) is 9.00. The van der Waals surface area contributed by atoms with Crippen LogP contribution < -0.4 is 5.73 Å². The SMILES string of the molecule is NC(c1cc(Br)c(Cl)s1)c1cc2c(s1)CCC2. The molecular weight excluding hydrogens is 338 g/mol. The van der Waals surface area contributed by atoms with Crippen molar-refractivity contribution >= 4 is 50.2 Å². The van der Waals surface area contributed by atoms with Gasteiger partial charge in [-0.3, -0.25) is 0 Å². The first-order chi connectivity index (χ1) is 8.15. The van der Waals surface area contributed by atoms with Crippen LogP contribution in [0.4, 0.5) is 0 Å². The van der Waals surface area contributed by atoms with Gasteiger partial charge in [0, 0.05) is 19.1 Å². The molecule has 1 atom stereocenters. The average Bonchev–Trinajstić information content (AvgIpc) is 2.92. The van der Waals surface area contributed by atoms with Gasteiger partial charge in [0.05, 0.1) is 6.04 Å². The molecule has 1 aliphatic rings. The van der Waals surface area contributed by atoms with Crippen LogP contribution in [-0.2, 0) is 12.8 Å². The van der Waals surface area contributed by atoms with Crippen LogP contribution in [0.2, 0.25) is 4.34 Å². The highest BCUT2D eigenvalue weighted by atomic mass is 79.9. The van der Waals surface area contributed by atoms with E-state index in [-0.39, 0.29) is 6.04 Å². The molecule has 2 heterocycles. The van der Waals surface area contributed by atoms with Crippen molar-refractivity contribution in [1.29, 1.82) is 0 Å². The van der Waals surface area contributed by atoms with E-state index in [2.05, 4.69) is 22.0 Å². The number of nitrogens with two attached hydrogens (primary N) is 1. The minimum atomic E-state index is -0.0283. The topological polar surface area (TPSA) is 26.0 Å². The number of thiophene rings is 2. The first-order valence-electron chi connectivity index (χ1n) is 5.47. The van der Waals surface area contributed by atoms with Gasteiger partial charge in [-0.1, -0.05) is 11.6 Å². The number of hydrogen-bond acceptors (Lipinski definition) is 3. The molecule has 90 valence electrons. The zero-order valence-corrected chi connectivity index (χ0v) is 13.0. The fraction of sp³-hybridized carbons (Fsp3) is 0.333. The van der Waals surface area contributed by atoms with Crippen LogP contribution in [0.3, 0.4) is 0 Å². The minimum absolute atomic E-state index is 0.0283. The highest BCUT2D eigenvalue weighted by Crippen LogP contribution is 2.40. The lowest BCUT2D eigenvalue weighted by molar-refractivity contribution is 0.895. The molecule has 1 aliphatic carbocycles. The predicted molar refractivity (Wildman–Crippen MR) is 79.4 cm³/mol. The van der Waals surface area contributed by atoms with E-state index >= 15 is 0 Å². The quantitative estimate of drug-likeness (QED) is 0.831. The van der Waals surface area contributed by atoms with Crippen molar-refractivity contribution < 1.29 is 0 Å². The Morgan fingerprint density at radius 1 is 1.24 bits per heavy atom. The van der Waals surface area contributed by atoms with Gasteiger partial charge < -0.3 is 5.73 Å². The van der Waals surface area contributed by atoms with Gasteiger partial charge in [0.1, 0.15) is 4.34 Å². The van der Waals surface area contributed by atoms with Crippen LogP contribution in [0, 0.1) is 0 Å². The molecule has 0 saturated carbocycles. The molecule has 0 bridgehead atoms. The van der Waals surface area contributed by atoms with Gasteiger partial charge in [-0.05, 0) is 52.9 Å². The molecule has 0 aromatic carbocycles. The maximum atomic E-state index is 6.30. The zero-order chi connectivity index (χ0) is 12.0. The smallest absolute Gasteiger partial charge is 0.107 e. The van der Waals surface area contributed by atoms with Crippen LogP contribution in [0.5, 0.6) is 0 Å². The van der Waals surface area contributed by atoms with E-state index in [1.807, 2.05) is 17.4 Å². The summed E-state index contributed by atoms with van der Waals surface area (Å²) in [6.07, 6.45) is 3.74. The van der Waals surface area contributed by atoms with Crippen LogP contribution in [0.1, 0.15) is 32.7 Å². The van der Waals surface area contributed by atoms with Crippen LogP contribution in [0.25, 0.3) is 0 Å². The van der Waals surface area contributed by atoms with E-state index in [1.165, 1.54) is 34.6 Å². The molecule has 17 heavy (non-hydrogen) atoms. The normalized spacial score (nSPS) is 16.2. The number of fused-ring (bicyclic) bond motifs is 1. The summed E-state index contributed by atoms with van der Waals surface area (Å²) >= 11 is 12.9. The summed E-state index contributed by atoms with van der Waals surface area (Å²) < 4.78 is 1.72. The molecule has 0 amide bonds. The standard InChI is InChI=1S/C12H11BrClNS2/c13-7-5-10(17-12(7)14)11(15)9-4-6-2-1-3-8(6)16-9/h4-5,11H,1-3,15H2. The van der Waals surface area contributed by atoms with Gasteiger partial charge >= 0.3 is 0 Å². The Bertz CT molecular complexity index is 520. The van der Waals surface area contributed by atoms with Gasteiger partial charge in [-0.2, -0.15) is 0 Å². The lowest BCUT2D eigenvalue weighted by Crippen LogP contribution is -2.08. The highest BCUT2D eigenvalue weighted by molar-refractivity contribution is 9.10. The van der Waals surface area contributed by atoms with Gasteiger partial charge in [0.25, 0.3) is 0 Å². The second-order valence-electron chi connectivity index (χ2n) is 4.20. The second kappa shape index (κ2) is 4.67. The Morgan fingerprint density at radius 3 is 2.65 bits per heavy atom. The molecule has 0 spiro atoms. The third kappa shape index (κ3) is 2.22. The second-order valence-corrected chi connectivity index (χ2v) is 7.91. The molecule has 2 N–H and O–H groups in total. The summed E-state index contributed by atoms with van der Waals surface area (Å²) in [7, 11) is 0. The highest BCUT2D eigenvalue weighted by Gasteiger charge is 2.20. The third-order valence-electron chi connectivity index (χ3n) is 3.04. The Morgan fingerprint density at radius 2 is 2.00 bits per heavy atom. The Balaban J connectivity index is 1.92. The molecule has 1 nitrogen and oxygen atoms in total. The van der Waals surface area contributed by atoms with E-state index in [4.69, 9.17) is 17.3 Å². The molecule has 0 radical (unpaired) electrons. The molecule has 1 unspecified atom stereocenters. The Kier molecular flexibility index (Phi) is 3.34. The molecule has 5 heteroatoms. The summed E-state index contributed by atoms with van der Waals surface area (Å²) in [4.78, 5) is 3.92. The van der Waals surface area contributed by atoms with E-state index in [9.17, 15) is 0 Å². The summed E-state index contributed by atoms with van der Waals surface area (Å²) in [6.45, 7) is 0. The lowest BCUT2D eigenvalue weighted by Gasteiger charge is -2.06. The average molecular weight is 349 g/mol. The number of aryl methyl sites for hydroxylation is 2. The molecule has 0 fully saturated rings. The number of hydrogen-bond donors (Lipinski definition) is 1. The van der Waals surface area contributed by atoms with E-state index in [1.54, 1.807) is 11.3 Å². The van der Waals surface area contributed by atoms with Crippen molar-refractivity contribution in [1.82, 2.24) is 0 Å². The fourth-order valence-electron chi connectivity index (χ4n) is 2.16. The van der Waals surface area contributed by atoms with Gasteiger partial charge in [-0.25, -0.2) is 0 Å². The molecule has 3 rings (SSSR count). The lowest BCUT2D eigenvalue weighted by atomic mass is 10.2. The predicted octanol–water partition coefficient (Wildman–Crippen LogP) is 4.76. The van der Waals surface area contributed by atoms with Crippen LogP contribution >= 0.6 is 50.2 Å². The third-order valence-corrected chi connectivity index (χ3v) is 6.92. The number of halogens is 2. The van der Waals surface area contributed by atoms with Crippen molar-refractivity contribution in [2.45, 2.75) is 25.3 Å². The van der Waals surface area contributed by atoms with Crippen molar-refractivity contribution in [2.75, 3.05) is 0 Å². The largest absolute Gasteiger partial charge is 0.319 e. The molecule has 2 aromatic heterocycles. The Hall–Kier alpha value is 0.130. The van der Waals surface area contributed by atoms with Crippen molar-refractivity contribution in [3.63, 3.8) is 0 Å². The van der Waals surface area contributed by atoms with Crippen molar-refractivity contribution in [3.8, 4) is 0 Å². The van der Waals surface area contributed by atoms with Crippen LogP contribution in [0.15, 0.2) is 16.6 Å². The molecule has 0 saturated heterocycles. The van der Waals surface area contributed by atoms with E-state index in [0.29, 0.717) is 0 Å². The molecule has 2 aromatic rings. The maximum absolute atomic E-state index is 6.30. The van der Waals surface area contributed by atoms with E-state index < -0.39 is 0 Å². The summed E-state index contributed by atoms with van der Waals surface area (Å²) in [5.41, 5.74) is 7.80. The number of rotatable bonds is 2. The first kappa shape index (κ1) is 12.2. The molecule has 0 aliphatic heterocycles. The minimum Gasteiger partial charge on any atom is -0.319 e. The van der Waals surface area contributed by atoms with Gasteiger partial charge in [-0.15, -0.1) is 22.7 Å². The van der Waals surface area contributed by atoms with Crippen molar-refractivity contribution in [2.24, 2.45) is 5.73 Å². The Labute approximate surface area is 122 Å². The summed E-state index contributed by atoms with van der Waals surface area (Å²) in [5, 5.41) is 0. The maximum Gasteiger partial charge on any atom is 0.107 e. The first-order valence-corrected chi connectivity index (χ1v) is 8.27. The summed E-state index contributed by atoms with van der Waals surface area (Å²) in [5.74, 6) is 0. The molecular formula is C12H11BrClNS2. The van der Waals surface area contributed by atoms with E-state index in [0.717, 1.165) is 13.7 Å². The summed E-state index contributed by atoms with van der Waals surface area (Å²) in [6, 6.07) is 4.28. The van der Waals surface area contributed by atoms with Gasteiger partial charge in [0.15, 0.2) is 0 Å². The van der Waals surface area contributed by atoms with Crippen molar-refractivity contribution in [3.05, 3.63) is 41.1 Å².